The maximum atomic E-state index is 10.2. The fourth-order valence-electron chi connectivity index (χ4n) is 0.688. The number of nitrogen functional groups attached to an aromatic ring is 1. The van der Waals surface area contributed by atoms with E-state index in [2.05, 4.69) is 10.9 Å². The minimum atomic E-state index is -0.628. The second-order valence-electron chi connectivity index (χ2n) is 2.00. The summed E-state index contributed by atoms with van der Waals surface area (Å²) in [5.74, 6) is 1.96. The molecule has 0 aliphatic heterocycles. The van der Waals surface area contributed by atoms with Crippen molar-refractivity contribution in [3.8, 4) is 12.3 Å². The van der Waals surface area contributed by atoms with Gasteiger partial charge in [-0.1, -0.05) is 5.92 Å². The number of anilines is 1. The maximum absolute atomic E-state index is 10.2. The summed E-state index contributed by atoms with van der Waals surface area (Å²) in [6.07, 6.45) is 5.04. The highest BCUT2D eigenvalue weighted by Crippen LogP contribution is 2.13. The van der Waals surface area contributed by atoms with Gasteiger partial charge in [-0.25, -0.2) is 0 Å². The zero-order valence-electron chi connectivity index (χ0n) is 6.02. The number of hydrogen-bond acceptors (Lipinski definition) is 4. The lowest BCUT2D eigenvalue weighted by Crippen LogP contribution is -1.98. The van der Waals surface area contributed by atoms with Crippen molar-refractivity contribution in [1.82, 2.24) is 4.98 Å². The van der Waals surface area contributed by atoms with Gasteiger partial charge in [0.05, 0.1) is 5.56 Å². The van der Waals surface area contributed by atoms with Gasteiger partial charge < -0.3 is 15.8 Å². The van der Waals surface area contributed by atoms with Crippen LogP contribution < -0.4 is 5.73 Å². The second-order valence-corrected chi connectivity index (χ2v) is 2.00. The third kappa shape index (κ3) is 1.32. The smallest absolute Gasteiger partial charge is 0.362 e. The van der Waals surface area contributed by atoms with E-state index in [4.69, 9.17) is 12.2 Å². The summed E-state index contributed by atoms with van der Waals surface area (Å²) in [5.41, 5.74) is 5.67. The van der Waals surface area contributed by atoms with Gasteiger partial charge in [-0.15, -0.1) is 6.42 Å². The van der Waals surface area contributed by atoms with Crippen molar-refractivity contribution >= 4 is 11.6 Å². The van der Waals surface area contributed by atoms with Crippen LogP contribution in [0.2, 0.25) is 0 Å². The molecule has 5 heteroatoms. The molecule has 1 rings (SSSR count). The first-order valence-corrected chi connectivity index (χ1v) is 3.02. The average Bonchev–Trinajstić information content (AvgIpc) is 2.04. The predicted octanol–water partition coefficient (Wildman–Crippen LogP) is 0.553. The van der Waals surface area contributed by atoms with Crippen molar-refractivity contribution in [3.63, 3.8) is 0 Å². The Labute approximate surface area is 68.4 Å². The number of pyridine rings is 1. The molecule has 0 spiro atoms. The van der Waals surface area contributed by atoms with E-state index in [1.165, 1.54) is 12.1 Å². The van der Waals surface area contributed by atoms with Crippen LogP contribution in [0.5, 0.6) is 0 Å². The van der Waals surface area contributed by atoms with E-state index in [0.29, 0.717) is 5.56 Å². The molecular formula is C7H5N3O2. The van der Waals surface area contributed by atoms with Gasteiger partial charge in [-0.3, -0.25) is 0 Å². The molecule has 0 bridgehead atoms. The summed E-state index contributed by atoms with van der Waals surface area (Å²) in [5, 5.41) is 10.2. The topological polar surface area (TPSA) is 82.0 Å². The van der Waals surface area contributed by atoms with Crippen LogP contribution >= 0.6 is 0 Å². The molecule has 0 radical (unpaired) electrons. The Hall–Kier alpha value is -2.09. The van der Waals surface area contributed by atoms with Gasteiger partial charge >= 0.3 is 5.82 Å². The first-order chi connectivity index (χ1) is 5.65. The van der Waals surface area contributed by atoms with Crippen LogP contribution in [-0.2, 0) is 0 Å². The van der Waals surface area contributed by atoms with Crippen molar-refractivity contribution in [3.05, 3.63) is 27.8 Å². The normalized spacial score (nSPS) is 8.92. The third-order valence-electron chi connectivity index (χ3n) is 1.25. The van der Waals surface area contributed by atoms with E-state index in [1.807, 2.05) is 0 Å². The van der Waals surface area contributed by atoms with Gasteiger partial charge in [-0.2, -0.15) is 0 Å². The average molecular weight is 163 g/mol. The number of nitrogens with zero attached hydrogens (tertiary/aromatic N) is 2. The first-order valence-electron chi connectivity index (χ1n) is 3.02. The molecule has 1 heterocycles. The largest absolute Gasteiger partial charge is 0.365 e. The Balaban J connectivity index is 3.21. The Morgan fingerprint density at radius 1 is 1.67 bits per heavy atom. The molecular weight excluding hydrogens is 158 g/mol. The SMILES string of the molecule is C#Cc1ccc([N+](=O)[O-])nc1N. The van der Waals surface area contributed by atoms with Crippen LogP contribution in [0.4, 0.5) is 11.6 Å². The molecule has 5 nitrogen and oxygen atoms in total. The minimum absolute atomic E-state index is 0.00620. The summed E-state index contributed by atoms with van der Waals surface area (Å²) in [7, 11) is 0. The molecule has 0 aromatic carbocycles. The summed E-state index contributed by atoms with van der Waals surface area (Å²) < 4.78 is 0. The van der Waals surface area contributed by atoms with E-state index in [1.54, 1.807) is 0 Å². The lowest BCUT2D eigenvalue weighted by Gasteiger charge is -1.93. The molecule has 1 aromatic heterocycles. The quantitative estimate of drug-likeness (QED) is 0.372. The van der Waals surface area contributed by atoms with Crippen molar-refractivity contribution < 1.29 is 4.92 Å². The van der Waals surface area contributed by atoms with E-state index in [0.717, 1.165) is 0 Å². The lowest BCUT2D eigenvalue weighted by atomic mass is 10.2. The molecule has 0 aliphatic rings. The van der Waals surface area contributed by atoms with Crippen LogP contribution in [0.1, 0.15) is 5.56 Å². The lowest BCUT2D eigenvalue weighted by molar-refractivity contribution is -0.389. The number of nitrogens with two attached hydrogens (primary N) is 1. The van der Waals surface area contributed by atoms with E-state index in [-0.39, 0.29) is 11.6 Å². The molecule has 12 heavy (non-hydrogen) atoms. The highest BCUT2D eigenvalue weighted by atomic mass is 16.6. The number of terminal acetylenes is 1. The fourth-order valence-corrected chi connectivity index (χ4v) is 0.688. The van der Waals surface area contributed by atoms with Gasteiger partial charge in [0.1, 0.15) is 0 Å². The van der Waals surface area contributed by atoms with Crippen molar-refractivity contribution in [2.75, 3.05) is 5.73 Å². The molecule has 0 saturated heterocycles. The van der Waals surface area contributed by atoms with E-state index >= 15 is 0 Å². The first kappa shape index (κ1) is 8.01. The zero-order valence-corrected chi connectivity index (χ0v) is 6.02. The number of rotatable bonds is 1. The van der Waals surface area contributed by atoms with Gasteiger partial charge in [0.2, 0.25) is 0 Å². The monoisotopic (exact) mass is 163 g/mol. The highest BCUT2D eigenvalue weighted by Gasteiger charge is 2.10. The highest BCUT2D eigenvalue weighted by molar-refractivity contribution is 5.52. The summed E-state index contributed by atoms with van der Waals surface area (Å²) in [6.45, 7) is 0. The fraction of sp³-hybridized carbons (Fsp3) is 0. The van der Waals surface area contributed by atoms with Crippen LogP contribution in [0.3, 0.4) is 0 Å². The Kier molecular flexibility index (Phi) is 1.92. The van der Waals surface area contributed by atoms with Crippen molar-refractivity contribution in [1.29, 1.82) is 0 Å². The zero-order chi connectivity index (χ0) is 9.14. The standard InChI is InChI=1S/C7H5N3O2/c1-2-5-3-4-6(10(11)12)9-7(5)8/h1,3-4H,(H2,8,9). The Morgan fingerprint density at radius 3 is 2.75 bits per heavy atom. The number of nitro groups is 1. The summed E-state index contributed by atoms with van der Waals surface area (Å²) in [6, 6.07) is 2.60. The Morgan fingerprint density at radius 2 is 2.33 bits per heavy atom. The number of hydrogen-bond donors (Lipinski definition) is 1. The molecule has 0 unspecified atom stereocenters. The number of aromatic nitrogens is 1. The van der Waals surface area contributed by atoms with Gasteiger partial charge in [-0.05, 0) is 16.0 Å². The van der Waals surface area contributed by atoms with Gasteiger partial charge in [0.25, 0.3) is 5.82 Å². The van der Waals surface area contributed by atoms with Gasteiger partial charge in [0, 0.05) is 6.07 Å². The molecule has 60 valence electrons. The molecule has 0 amide bonds. The minimum Gasteiger partial charge on any atom is -0.362 e. The Bertz CT molecular complexity index is 367. The second kappa shape index (κ2) is 2.88. The van der Waals surface area contributed by atoms with E-state index < -0.39 is 4.92 Å². The molecule has 0 atom stereocenters. The molecule has 1 aromatic rings. The molecule has 2 N–H and O–H groups in total. The van der Waals surface area contributed by atoms with Crippen molar-refractivity contribution in [2.45, 2.75) is 0 Å². The molecule has 0 aliphatic carbocycles. The third-order valence-corrected chi connectivity index (χ3v) is 1.25. The summed E-state index contributed by atoms with van der Waals surface area (Å²) in [4.78, 5) is 13.0. The van der Waals surface area contributed by atoms with Crippen LogP contribution in [-0.4, -0.2) is 9.91 Å². The van der Waals surface area contributed by atoms with Gasteiger partial charge in [0.15, 0.2) is 0 Å². The van der Waals surface area contributed by atoms with Crippen molar-refractivity contribution in [2.24, 2.45) is 0 Å². The molecule has 0 saturated carbocycles. The maximum Gasteiger partial charge on any atom is 0.365 e. The van der Waals surface area contributed by atoms with Crippen LogP contribution in [0.15, 0.2) is 12.1 Å². The molecule has 0 fully saturated rings. The van der Waals surface area contributed by atoms with E-state index in [9.17, 15) is 10.1 Å². The summed E-state index contributed by atoms with van der Waals surface area (Å²) >= 11 is 0. The van der Waals surface area contributed by atoms with Crippen LogP contribution in [0.25, 0.3) is 0 Å². The van der Waals surface area contributed by atoms with Crippen LogP contribution in [0, 0.1) is 22.5 Å². The predicted molar refractivity (Wildman–Crippen MR) is 43.2 cm³/mol.